The number of hydrogen-bond acceptors (Lipinski definition) is 7. The van der Waals surface area contributed by atoms with Crippen molar-refractivity contribution in [3.8, 4) is 0 Å². The number of carboxylic acid groups (broad SMARTS) is 1. The van der Waals surface area contributed by atoms with Crippen molar-refractivity contribution in [2.24, 2.45) is 5.92 Å². The number of nitrogens with one attached hydrogen (secondary N) is 1. The van der Waals surface area contributed by atoms with E-state index in [1.54, 1.807) is 6.20 Å². The van der Waals surface area contributed by atoms with Crippen LogP contribution in [0.1, 0.15) is 36.4 Å². The predicted molar refractivity (Wildman–Crippen MR) is 73.2 cm³/mol. The lowest BCUT2D eigenvalue weighted by atomic mass is 9.85. The van der Waals surface area contributed by atoms with Crippen LogP contribution in [0.5, 0.6) is 0 Å². The summed E-state index contributed by atoms with van der Waals surface area (Å²) in [6, 6.07) is 0. The van der Waals surface area contributed by atoms with Gasteiger partial charge < -0.3 is 10.8 Å². The largest absolute Gasteiger partial charge is 0.481 e. The molecule has 0 unspecified atom stereocenters. The second kappa shape index (κ2) is 6.42. The molecule has 2 atom stereocenters. The number of aliphatic carboxylic acids is 1. The Balaban J connectivity index is 2.26. The third-order valence-electron chi connectivity index (χ3n) is 3.09. The number of H-pyrrole nitrogens is 1. The molecule has 8 nitrogen and oxygen atoms in total. The maximum Gasteiger partial charge on any atom is 0.307 e. The zero-order valence-electron chi connectivity index (χ0n) is 11.0. The van der Waals surface area contributed by atoms with E-state index in [4.69, 9.17) is 5.73 Å². The molecule has 2 aromatic rings. The topological polar surface area (TPSA) is 131 Å². The molecule has 0 aliphatic rings. The highest BCUT2D eigenvalue weighted by Gasteiger charge is 2.32. The van der Waals surface area contributed by atoms with Crippen molar-refractivity contribution in [1.29, 1.82) is 0 Å². The molecule has 0 aromatic carbocycles. The maximum absolute atomic E-state index is 11.5. The fraction of sp³-hybridized carbons (Fsp3) is 0.545. The Morgan fingerprint density at radius 2 is 2.40 bits per heavy atom. The van der Waals surface area contributed by atoms with Crippen molar-refractivity contribution in [2.45, 2.75) is 32.1 Å². The Morgan fingerprint density at radius 1 is 1.60 bits per heavy atom. The van der Waals surface area contributed by atoms with Crippen LogP contribution in [0.15, 0.2) is 6.20 Å². The van der Waals surface area contributed by atoms with E-state index in [2.05, 4.69) is 25.6 Å². The fourth-order valence-electron chi connectivity index (χ4n) is 2.18. The third-order valence-corrected chi connectivity index (χ3v) is 3.94. The summed E-state index contributed by atoms with van der Waals surface area (Å²) in [6.45, 7) is 1.95. The first kappa shape index (κ1) is 14.4. The van der Waals surface area contributed by atoms with Crippen molar-refractivity contribution in [3.63, 3.8) is 0 Å². The van der Waals surface area contributed by atoms with Gasteiger partial charge in [-0.1, -0.05) is 18.6 Å². The summed E-state index contributed by atoms with van der Waals surface area (Å²) < 4.78 is 0. The molecule has 0 aliphatic carbocycles. The molecule has 20 heavy (non-hydrogen) atoms. The molecule has 0 amide bonds. The SMILES string of the molecule is CCC[C@H](C(=O)O)[C@H](Cc1cnc(N)s1)c1nn[nH]n1. The Bertz CT molecular complexity index is 555. The molecule has 9 heteroatoms. The normalized spacial score (nSPS) is 14.1. The Labute approximate surface area is 119 Å². The van der Waals surface area contributed by atoms with Gasteiger partial charge in [0.1, 0.15) is 0 Å². The zero-order chi connectivity index (χ0) is 14.5. The van der Waals surface area contributed by atoms with E-state index in [1.165, 1.54) is 11.3 Å². The van der Waals surface area contributed by atoms with Crippen LogP contribution in [0, 0.1) is 5.92 Å². The minimum absolute atomic E-state index is 0.342. The smallest absolute Gasteiger partial charge is 0.307 e. The second-order valence-corrected chi connectivity index (χ2v) is 5.63. The van der Waals surface area contributed by atoms with Crippen LogP contribution in [0.4, 0.5) is 5.13 Å². The Kier molecular flexibility index (Phi) is 4.61. The standard InChI is InChI=1S/C11H16N6O2S/c1-2-3-7(10(18)19)8(9-14-16-17-15-9)4-6-5-13-11(12)20-6/h5,7-8H,2-4H2,1H3,(H2,12,13)(H,18,19)(H,14,15,16,17)/t7-,8-/m0/s1. The van der Waals surface area contributed by atoms with Crippen LogP contribution in [0.3, 0.4) is 0 Å². The molecule has 108 valence electrons. The number of nitrogen functional groups attached to an aromatic ring is 1. The molecule has 2 aromatic heterocycles. The first-order chi connectivity index (χ1) is 9.61. The van der Waals surface area contributed by atoms with Gasteiger partial charge >= 0.3 is 5.97 Å². The molecular weight excluding hydrogens is 280 g/mol. The number of aromatic nitrogens is 5. The van der Waals surface area contributed by atoms with Gasteiger partial charge in [-0.3, -0.25) is 4.79 Å². The summed E-state index contributed by atoms with van der Waals surface area (Å²) in [6.07, 6.45) is 3.49. The number of hydrogen-bond donors (Lipinski definition) is 3. The molecule has 0 radical (unpaired) electrons. The maximum atomic E-state index is 11.5. The number of aromatic amines is 1. The Hall–Kier alpha value is -2.03. The highest BCUT2D eigenvalue weighted by molar-refractivity contribution is 7.15. The average Bonchev–Trinajstić information content (AvgIpc) is 3.04. The molecule has 0 bridgehead atoms. The first-order valence-electron chi connectivity index (χ1n) is 6.28. The zero-order valence-corrected chi connectivity index (χ0v) is 11.8. The summed E-state index contributed by atoms with van der Waals surface area (Å²) in [7, 11) is 0. The van der Waals surface area contributed by atoms with Gasteiger partial charge in [0.15, 0.2) is 11.0 Å². The van der Waals surface area contributed by atoms with Crippen molar-refractivity contribution in [3.05, 3.63) is 16.9 Å². The quantitative estimate of drug-likeness (QED) is 0.696. The number of nitrogens with two attached hydrogens (primary N) is 1. The van der Waals surface area contributed by atoms with Crippen molar-refractivity contribution in [2.75, 3.05) is 5.73 Å². The molecule has 2 heterocycles. The van der Waals surface area contributed by atoms with Crippen LogP contribution in [-0.2, 0) is 11.2 Å². The van der Waals surface area contributed by atoms with Gasteiger partial charge in [0.05, 0.1) is 5.92 Å². The van der Waals surface area contributed by atoms with Gasteiger partial charge in [-0.2, -0.15) is 5.21 Å². The lowest BCUT2D eigenvalue weighted by Gasteiger charge is -2.19. The van der Waals surface area contributed by atoms with Crippen LogP contribution in [0.2, 0.25) is 0 Å². The summed E-state index contributed by atoms with van der Waals surface area (Å²) in [5.74, 6) is -1.33. The van der Waals surface area contributed by atoms with Crippen molar-refractivity contribution >= 4 is 22.4 Å². The van der Waals surface area contributed by atoms with Crippen molar-refractivity contribution < 1.29 is 9.90 Å². The lowest BCUT2D eigenvalue weighted by molar-refractivity contribution is -0.142. The van der Waals surface area contributed by atoms with Gasteiger partial charge in [0.25, 0.3) is 0 Å². The van der Waals surface area contributed by atoms with Crippen LogP contribution >= 0.6 is 11.3 Å². The molecule has 0 fully saturated rings. The van der Waals surface area contributed by atoms with Crippen LogP contribution in [-0.4, -0.2) is 36.7 Å². The highest BCUT2D eigenvalue weighted by Crippen LogP contribution is 2.31. The second-order valence-electron chi connectivity index (χ2n) is 4.48. The van der Waals surface area contributed by atoms with E-state index < -0.39 is 11.9 Å². The summed E-state index contributed by atoms with van der Waals surface area (Å²) >= 11 is 1.35. The number of tetrazole rings is 1. The Morgan fingerprint density at radius 3 is 2.90 bits per heavy atom. The molecule has 0 saturated carbocycles. The summed E-state index contributed by atoms with van der Waals surface area (Å²) in [5.41, 5.74) is 5.61. The van der Waals surface area contributed by atoms with E-state index in [1.807, 2.05) is 6.92 Å². The van der Waals surface area contributed by atoms with E-state index in [0.29, 0.717) is 23.8 Å². The number of thiazole rings is 1. The first-order valence-corrected chi connectivity index (χ1v) is 7.09. The molecule has 0 spiro atoms. The van der Waals surface area contributed by atoms with Gasteiger partial charge in [0.2, 0.25) is 0 Å². The molecule has 2 rings (SSSR count). The summed E-state index contributed by atoms with van der Waals surface area (Å²) in [5, 5.41) is 23.7. The van der Waals surface area contributed by atoms with Crippen LogP contribution < -0.4 is 5.73 Å². The highest BCUT2D eigenvalue weighted by atomic mass is 32.1. The van der Waals surface area contributed by atoms with Crippen molar-refractivity contribution in [1.82, 2.24) is 25.6 Å². The van der Waals surface area contributed by atoms with Gasteiger partial charge in [-0.05, 0) is 12.8 Å². The number of nitrogens with zero attached hydrogens (tertiary/aromatic N) is 4. The van der Waals surface area contributed by atoms with Gasteiger partial charge in [-0.15, -0.1) is 21.5 Å². The molecule has 0 saturated heterocycles. The van der Waals surface area contributed by atoms with E-state index in [9.17, 15) is 9.90 Å². The van der Waals surface area contributed by atoms with Gasteiger partial charge in [0, 0.05) is 17.0 Å². The minimum atomic E-state index is -0.848. The molecule has 4 N–H and O–H groups in total. The van der Waals surface area contributed by atoms with E-state index in [0.717, 1.165) is 11.3 Å². The monoisotopic (exact) mass is 296 g/mol. The summed E-state index contributed by atoms with van der Waals surface area (Å²) in [4.78, 5) is 16.4. The van der Waals surface area contributed by atoms with E-state index in [-0.39, 0.29) is 5.92 Å². The van der Waals surface area contributed by atoms with Crippen LogP contribution in [0.25, 0.3) is 0 Å². The average molecular weight is 296 g/mol. The number of anilines is 1. The number of carboxylic acids is 1. The minimum Gasteiger partial charge on any atom is -0.481 e. The van der Waals surface area contributed by atoms with E-state index >= 15 is 0 Å². The number of carbonyl (C=O) groups is 1. The number of rotatable bonds is 7. The molecule has 0 aliphatic heterocycles. The third kappa shape index (κ3) is 3.29. The molecular formula is C11H16N6O2S. The van der Waals surface area contributed by atoms with Gasteiger partial charge in [-0.25, -0.2) is 4.98 Å². The fourth-order valence-corrected chi connectivity index (χ4v) is 2.92. The lowest BCUT2D eigenvalue weighted by Crippen LogP contribution is -2.24. The predicted octanol–water partition coefficient (Wildman–Crippen LogP) is 1.07.